The number of hydrogen-bond acceptors (Lipinski definition) is 2. The first-order valence-electron chi connectivity index (χ1n) is 6.78. The summed E-state index contributed by atoms with van der Waals surface area (Å²) >= 11 is 0. The molecule has 0 heterocycles. The Morgan fingerprint density at radius 1 is 1.00 bits per heavy atom. The Bertz CT molecular complexity index is 642. The SMILES string of the molecule is Cc1cc(C)c(C)c(OCC(=O)c2ccccc2C)c1. The molecule has 0 unspecified atom stereocenters. The molecule has 104 valence electrons. The molecule has 0 spiro atoms. The Labute approximate surface area is 120 Å². The zero-order chi connectivity index (χ0) is 14.7. The van der Waals surface area contributed by atoms with E-state index in [0.717, 1.165) is 28.0 Å². The predicted molar refractivity (Wildman–Crippen MR) is 81.7 cm³/mol. The van der Waals surface area contributed by atoms with E-state index in [4.69, 9.17) is 4.74 Å². The van der Waals surface area contributed by atoms with Crippen molar-refractivity contribution in [1.29, 1.82) is 0 Å². The highest BCUT2D eigenvalue weighted by Gasteiger charge is 2.11. The number of aryl methyl sites for hydroxylation is 3. The van der Waals surface area contributed by atoms with Crippen molar-refractivity contribution >= 4 is 5.78 Å². The van der Waals surface area contributed by atoms with Gasteiger partial charge < -0.3 is 4.74 Å². The monoisotopic (exact) mass is 268 g/mol. The third-order valence-corrected chi connectivity index (χ3v) is 3.57. The minimum absolute atomic E-state index is 0.0154. The van der Waals surface area contributed by atoms with Gasteiger partial charge in [-0.25, -0.2) is 0 Å². The van der Waals surface area contributed by atoms with Gasteiger partial charge in [0, 0.05) is 5.56 Å². The van der Waals surface area contributed by atoms with E-state index in [9.17, 15) is 4.79 Å². The van der Waals surface area contributed by atoms with Gasteiger partial charge in [0.05, 0.1) is 0 Å². The van der Waals surface area contributed by atoms with Gasteiger partial charge in [0.1, 0.15) is 5.75 Å². The summed E-state index contributed by atoms with van der Waals surface area (Å²) < 4.78 is 5.72. The average Bonchev–Trinajstić information content (AvgIpc) is 2.41. The molecule has 2 heteroatoms. The lowest BCUT2D eigenvalue weighted by Crippen LogP contribution is -2.13. The summed E-state index contributed by atoms with van der Waals surface area (Å²) in [4.78, 5) is 12.2. The Morgan fingerprint density at radius 3 is 2.40 bits per heavy atom. The smallest absolute Gasteiger partial charge is 0.200 e. The minimum atomic E-state index is 0.0154. The molecule has 0 N–H and O–H groups in total. The molecule has 2 aromatic rings. The van der Waals surface area contributed by atoms with Gasteiger partial charge in [-0.15, -0.1) is 0 Å². The van der Waals surface area contributed by atoms with Gasteiger partial charge in [-0.05, 0) is 56.0 Å². The third kappa shape index (κ3) is 3.08. The van der Waals surface area contributed by atoms with Crippen molar-refractivity contribution in [3.8, 4) is 5.75 Å². The van der Waals surface area contributed by atoms with Gasteiger partial charge in [0.2, 0.25) is 0 Å². The fourth-order valence-corrected chi connectivity index (χ4v) is 2.26. The molecule has 0 aliphatic carbocycles. The number of rotatable bonds is 4. The Hall–Kier alpha value is -2.09. The summed E-state index contributed by atoms with van der Waals surface area (Å²) in [6, 6.07) is 11.7. The van der Waals surface area contributed by atoms with Crippen LogP contribution in [0, 0.1) is 27.7 Å². The van der Waals surface area contributed by atoms with Crippen LogP contribution in [0.5, 0.6) is 5.75 Å². The maximum atomic E-state index is 12.2. The zero-order valence-corrected chi connectivity index (χ0v) is 12.5. The molecule has 2 aromatic carbocycles. The van der Waals surface area contributed by atoms with Crippen molar-refractivity contribution in [2.24, 2.45) is 0 Å². The minimum Gasteiger partial charge on any atom is -0.485 e. The van der Waals surface area contributed by atoms with E-state index in [0.29, 0.717) is 0 Å². The van der Waals surface area contributed by atoms with E-state index >= 15 is 0 Å². The van der Waals surface area contributed by atoms with Crippen LogP contribution >= 0.6 is 0 Å². The van der Waals surface area contributed by atoms with Crippen molar-refractivity contribution in [1.82, 2.24) is 0 Å². The topological polar surface area (TPSA) is 26.3 Å². The van der Waals surface area contributed by atoms with Gasteiger partial charge in [-0.2, -0.15) is 0 Å². The van der Waals surface area contributed by atoms with Gasteiger partial charge >= 0.3 is 0 Å². The molecule has 0 atom stereocenters. The van der Waals surface area contributed by atoms with Gasteiger partial charge in [-0.3, -0.25) is 4.79 Å². The van der Waals surface area contributed by atoms with Gasteiger partial charge in [0.15, 0.2) is 12.4 Å². The second-order valence-electron chi connectivity index (χ2n) is 5.23. The lowest BCUT2D eigenvalue weighted by Gasteiger charge is -2.12. The molecule has 0 radical (unpaired) electrons. The average molecular weight is 268 g/mol. The molecule has 0 aromatic heterocycles. The number of carbonyl (C=O) groups excluding carboxylic acids is 1. The number of hydrogen-bond donors (Lipinski definition) is 0. The summed E-state index contributed by atoms with van der Waals surface area (Å²) in [5.74, 6) is 0.811. The molecule has 0 amide bonds. The van der Waals surface area contributed by atoms with Crippen LogP contribution in [-0.4, -0.2) is 12.4 Å². The first-order chi connectivity index (χ1) is 9.49. The van der Waals surface area contributed by atoms with Crippen LogP contribution in [0.3, 0.4) is 0 Å². The Morgan fingerprint density at radius 2 is 1.70 bits per heavy atom. The van der Waals surface area contributed by atoms with E-state index in [2.05, 4.69) is 13.0 Å². The van der Waals surface area contributed by atoms with Crippen LogP contribution < -0.4 is 4.74 Å². The van der Waals surface area contributed by atoms with E-state index in [-0.39, 0.29) is 12.4 Å². The maximum absolute atomic E-state index is 12.2. The maximum Gasteiger partial charge on any atom is 0.200 e. The zero-order valence-electron chi connectivity index (χ0n) is 12.5. The lowest BCUT2D eigenvalue weighted by atomic mass is 10.0. The number of Topliss-reactive ketones (excluding diaryl/α,β-unsaturated/α-hetero) is 1. The molecular weight excluding hydrogens is 248 g/mol. The second kappa shape index (κ2) is 5.91. The third-order valence-electron chi connectivity index (χ3n) is 3.57. The fourth-order valence-electron chi connectivity index (χ4n) is 2.26. The summed E-state index contributed by atoms with van der Waals surface area (Å²) in [5.41, 5.74) is 5.13. The highest BCUT2D eigenvalue weighted by molar-refractivity contribution is 5.98. The number of carbonyl (C=O) groups is 1. The Kier molecular flexibility index (Phi) is 4.23. The molecule has 2 rings (SSSR count). The van der Waals surface area contributed by atoms with Crippen LogP contribution in [0.25, 0.3) is 0 Å². The highest BCUT2D eigenvalue weighted by atomic mass is 16.5. The molecule has 20 heavy (non-hydrogen) atoms. The molecule has 0 saturated carbocycles. The first-order valence-corrected chi connectivity index (χ1v) is 6.78. The van der Waals surface area contributed by atoms with Crippen LogP contribution in [0.15, 0.2) is 36.4 Å². The van der Waals surface area contributed by atoms with Crippen LogP contribution in [0.4, 0.5) is 0 Å². The lowest BCUT2D eigenvalue weighted by molar-refractivity contribution is 0.0920. The molecule has 0 saturated heterocycles. The van der Waals surface area contributed by atoms with E-state index in [1.807, 2.05) is 51.1 Å². The number of ketones is 1. The van der Waals surface area contributed by atoms with Crippen LogP contribution in [0.1, 0.15) is 32.6 Å². The summed E-state index contributed by atoms with van der Waals surface area (Å²) in [7, 11) is 0. The highest BCUT2D eigenvalue weighted by Crippen LogP contribution is 2.23. The van der Waals surface area contributed by atoms with Crippen molar-refractivity contribution < 1.29 is 9.53 Å². The Balaban J connectivity index is 2.14. The standard InChI is InChI=1S/C18H20O2/c1-12-9-14(3)15(4)18(10-12)20-11-17(19)16-8-6-5-7-13(16)2/h5-10H,11H2,1-4H3. The fraction of sp³-hybridized carbons (Fsp3) is 0.278. The number of benzene rings is 2. The molecule has 2 nitrogen and oxygen atoms in total. The van der Waals surface area contributed by atoms with Crippen LogP contribution in [-0.2, 0) is 0 Å². The van der Waals surface area contributed by atoms with E-state index in [1.54, 1.807) is 0 Å². The summed E-state index contributed by atoms with van der Waals surface area (Å²) in [6.07, 6.45) is 0. The molecule has 0 aliphatic heterocycles. The quantitative estimate of drug-likeness (QED) is 0.777. The largest absolute Gasteiger partial charge is 0.485 e. The van der Waals surface area contributed by atoms with Gasteiger partial charge in [-0.1, -0.05) is 30.3 Å². The van der Waals surface area contributed by atoms with Crippen LogP contribution in [0.2, 0.25) is 0 Å². The first kappa shape index (κ1) is 14.3. The molecule has 0 aliphatic rings. The van der Waals surface area contributed by atoms with Gasteiger partial charge in [0.25, 0.3) is 0 Å². The van der Waals surface area contributed by atoms with Crippen molar-refractivity contribution in [2.45, 2.75) is 27.7 Å². The molecule has 0 bridgehead atoms. The molecule has 0 fully saturated rings. The predicted octanol–water partition coefficient (Wildman–Crippen LogP) is 4.18. The second-order valence-corrected chi connectivity index (χ2v) is 5.23. The number of ether oxygens (including phenoxy) is 1. The summed E-state index contributed by atoms with van der Waals surface area (Å²) in [6.45, 7) is 8.12. The summed E-state index contributed by atoms with van der Waals surface area (Å²) in [5, 5.41) is 0. The van der Waals surface area contributed by atoms with E-state index < -0.39 is 0 Å². The van der Waals surface area contributed by atoms with Crippen molar-refractivity contribution in [3.63, 3.8) is 0 Å². The molecular formula is C18H20O2. The normalized spacial score (nSPS) is 10.4. The van der Waals surface area contributed by atoms with E-state index in [1.165, 1.54) is 5.56 Å². The van der Waals surface area contributed by atoms with Crippen molar-refractivity contribution in [2.75, 3.05) is 6.61 Å². The van der Waals surface area contributed by atoms with Crippen molar-refractivity contribution in [3.05, 3.63) is 64.2 Å².